The highest BCUT2D eigenvalue weighted by atomic mass is 35.5. The lowest BCUT2D eigenvalue weighted by Crippen LogP contribution is -2.31. The molecule has 27 heavy (non-hydrogen) atoms. The first-order chi connectivity index (χ1) is 13.1. The molecular weight excluding hydrogens is 368 g/mol. The van der Waals surface area contributed by atoms with Crippen LogP contribution in [0.1, 0.15) is 56.3 Å². The first-order valence-electron chi connectivity index (χ1n) is 9.58. The molecular formula is C19H29ClN4O3. The number of unbranched alkanes of at least 4 members (excludes halogenated alkanes) is 2. The summed E-state index contributed by atoms with van der Waals surface area (Å²) in [5.41, 5.74) is 6.21. The van der Waals surface area contributed by atoms with Crippen molar-refractivity contribution in [2.45, 2.75) is 46.0 Å². The summed E-state index contributed by atoms with van der Waals surface area (Å²) in [5.74, 6) is -0.0246. The molecule has 0 radical (unpaired) electrons. The van der Waals surface area contributed by atoms with E-state index in [0.29, 0.717) is 12.3 Å². The Hall–Kier alpha value is -1.99. The standard InChI is InChI=1S/C19H29ClN4O3/c1-3-5-11-24(12-6-4-2)13-7-10-22-19(25)16-17(23-27-18(16)21)14-8-9-15(20)26-14/h8-9H,3-7,10-13,21H2,1-2H3,(H,22,25). The van der Waals surface area contributed by atoms with Crippen molar-refractivity contribution in [3.8, 4) is 11.5 Å². The van der Waals surface area contributed by atoms with E-state index >= 15 is 0 Å². The number of nitrogen functional groups attached to an aromatic ring is 1. The molecule has 0 bridgehead atoms. The largest absolute Gasteiger partial charge is 0.443 e. The van der Waals surface area contributed by atoms with Gasteiger partial charge < -0.3 is 24.9 Å². The van der Waals surface area contributed by atoms with Crippen LogP contribution >= 0.6 is 11.6 Å². The second-order valence-electron chi connectivity index (χ2n) is 6.53. The number of hydrogen-bond acceptors (Lipinski definition) is 6. The smallest absolute Gasteiger partial charge is 0.259 e. The number of nitrogens with two attached hydrogens (primary N) is 1. The van der Waals surface area contributed by atoms with E-state index in [-0.39, 0.29) is 28.3 Å². The summed E-state index contributed by atoms with van der Waals surface area (Å²) in [5, 5.41) is 6.92. The van der Waals surface area contributed by atoms with Gasteiger partial charge in [-0.15, -0.1) is 0 Å². The fraction of sp³-hybridized carbons (Fsp3) is 0.579. The number of carbonyl (C=O) groups is 1. The number of amides is 1. The predicted molar refractivity (Wildman–Crippen MR) is 107 cm³/mol. The number of hydrogen-bond donors (Lipinski definition) is 2. The van der Waals surface area contributed by atoms with Crippen molar-refractivity contribution in [1.82, 2.24) is 15.4 Å². The molecule has 150 valence electrons. The molecule has 2 aromatic heterocycles. The Balaban J connectivity index is 1.88. The van der Waals surface area contributed by atoms with Gasteiger partial charge in [-0.2, -0.15) is 0 Å². The lowest BCUT2D eigenvalue weighted by molar-refractivity contribution is 0.0952. The number of nitrogens with one attached hydrogen (secondary N) is 1. The van der Waals surface area contributed by atoms with Gasteiger partial charge in [0.1, 0.15) is 5.56 Å². The molecule has 0 saturated heterocycles. The molecule has 0 aliphatic heterocycles. The first-order valence-corrected chi connectivity index (χ1v) is 9.96. The molecule has 0 saturated carbocycles. The lowest BCUT2D eigenvalue weighted by atomic mass is 10.2. The average molecular weight is 397 g/mol. The molecule has 0 atom stereocenters. The maximum atomic E-state index is 12.5. The molecule has 0 unspecified atom stereocenters. The Labute approximate surface area is 165 Å². The Kier molecular flexibility index (Phi) is 8.67. The Morgan fingerprint density at radius 1 is 1.19 bits per heavy atom. The van der Waals surface area contributed by atoms with Gasteiger partial charge in [0, 0.05) is 6.54 Å². The Bertz CT molecular complexity index is 706. The van der Waals surface area contributed by atoms with Crippen molar-refractivity contribution < 1.29 is 13.7 Å². The molecule has 2 heterocycles. The second kappa shape index (κ2) is 11.0. The van der Waals surface area contributed by atoms with Crippen LogP contribution in [0, 0.1) is 0 Å². The number of furan rings is 1. The Morgan fingerprint density at radius 3 is 2.44 bits per heavy atom. The van der Waals surface area contributed by atoms with Crippen molar-refractivity contribution in [3.63, 3.8) is 0 Å². The van der Waals surface area contributed by atoms with E-state index in [1.165, 1.54) is 25.7 Å². The van der Waals surface area contributed by atoms with Gasteiger partial charge in [-0.25, -0.2) is 0 Å². The molecule has 0 spiro atoms. The molecule has 8 heteroatoms. The van der Waals surface area contributed by atoms with Crippen molar-refractivity contribution in [2.75, 3.05) is 31.9 Å². The highest BCUT2D eigenvalue weighted by Gasteiger charge is 2.24. The summed E-state index contributed by atoms with van der Waals surface area (Å²) in [7, 11) is 0. The van der Waals surface area contributed by atoms with Crippen molar-refractivity contribution >= 4 is 23.4 Å². The van der Waals surface area contributed by atoms with Crippen molar-refractivity contribution in [2.24, 2.45) is 0 Å². The minimum Gasteiger partial charge on any atom is -0.443 e. The third kappa shape index (κ3) is 6.29. The monoisotopic (exact) mass is 396 g/mol. The van der Waals surface area contributed by atoms with Gasteiger partial charge in [0.2, 0.25) is 5.88 Å². The minimum absolute atomic E-state index is 0.0393. The zero-order chi connectivity index (χ0) is 19.6. The highest BCUT2D eigenvalue weighted by molar-refractivity contribution is 6.29. The summed E-state index contributed by atoms with van der Waals surface area (Å²) < 4.78 is 10.3. The van der Waals surface area contributed by atoms with E-state index < -0.39 is 0 Å². The van der Waals surface area contributed by atoms with E-state index in [9.17, 15) is 4.79 Å². The van der Waals surface area contributed by atoms with Gasteiger partial charge in [-0.3, -0.25) is 4.79 Å². The molecule has 3 N–H and O–H groups in total. The molecule has 0 aliphatic rings. The van der Waals surface area contributed by atoms with Crippen LogP contribution in [0.5, 0.6) is 0 Å². The summed E-state index contributed by atoms with van der Waals surface area (Å²) in [6, 6.07) is 3.19. The topological polar surface area (TPSA) is 97.5 Å². The molecule has 0 aromatic carbocycles. The molecule has 0 aliphatic carbocycles. The van der Waals surface area contributed by atoms with Crippen LogP contribution in [0.4, 0.5) is 5.88 Å². The lowest BCUT2D eigenvalue weighted by Gasteiger charge is -2.21. The third-order valence-electron chi connectivity index (χ3n) is 4.34. The maximum absolute atomic E-state index is 12.5. The summed E-state index contributed by atoms with van der Waals surface area (Å²) in [4.78, 5) is 15.0. The summed E-state index contributed by atoms with van der Waals surface area (Å²) in [6.45, 7) is 8.12. The van der Waals surface area contributed by atoms with Crippen LogP contribution in [0.2, 0.25) is 5.22 Å². The molecule has 2 rings (SSSR count). The van der Waals surface area contributed by atoms with Gasteiger partial charge in [0.25, 0.3) is 5.91 Å². The van der Waals surface area contributed by atoms with Gasteiger partial charge in [-0.1, -0.05) is 31.8 Å². The SMILES string of the molecule is CCCCN(CCCC)CCCNC(=O)c1c(-c2ccc(Cl)o2)noc1N. The number of anilines is 1. The number of aromatic nitrogens is 1. The van der Waals surface area contributed by atoms with Gasteiger partial charge in [-0.05, 0) is 62.6 Å². The van der Waals surface area contributed by atoms with E-state index in [1.807, 2.05) is 0 Å². The van der Waals surface area contributed by atoms with Crippen LogP contribution in [0.25, 0.3) is 11.5 Å². The number of carbonyl (C=O) groups excluding carboxylic acids is 1. The van der Waals surface area contributed by atoms with Gasteiger partial charge >= 0.3 is 0 Å². The first kappa shape index (κ1) is 21.3. The third-order valence-corrected chi connectivity index (χ3v) is 4.55. The molecule has 1 amide bonds. The second-order valence-corrected chi connectivity index (χ2v) is 6.90. The number of halogens is 1. The van der Waals surface area contributed by atoms with Gasteiger partial charge in [0.05, 0.1) is 0 Å². The average Bonchev–Trinajstić information content (AvgIpc) is 3.25. The quantitative estimate of drug-likeness (QED) is 0.522. The predicted octanol–water partition coefficient (Wildman–Crippen LogP) is 4.19. The number of nitrogens with zero attached hydrogens (tertiary/aromatic N) is 2. The van der Waals surface area contributed by atoms with Crippen LogP contribution in [0.15, 0.2) is 21.1 Å². The normalized spacial score (nSPS) is 11.3. The molecule has 7 nitrogen and oxygen atoms in total. The van der Waals surface area contributed by atoms with E-state index in [1.54, 1.807) is 12.1 Å². The summed E-state index contributed by atoms with van der Waals surface area (Å²) in [6.07, 6.45) is 5.63. The van der Waals surface area contributed by atoms with E-state index in [0.717, 1.165) is 26.1 Å². The van der Waals surface area contributed by atoms with Gasteiger partial charge in [0.15, 0.2) is 16.7 Å². The molecule has 0 fully saturated rings. The number of rotatable bonds is 12. The fourth-order valence-electron chi connectivity index (χ4n) is 2.82. The highest BCUT2D eigenvalue weighted by Crippen LogP contribution is 2.29. The van der Waals surface area contributed by atoms with Crippen molar-refractivity contribution in [1.29, 1.82) is 0 Å². The van der Waals surface area contributed by atoms with Crippen LogP contribution in [-0.2, 0) is 0 Å². The summed E-state index contributed by atoms with van der Waals surface area (Å²) >= 11 is 5.79. The molecule has 2 aromatic rings. The van der Waals surface area contributed by atoms with Crippen LogP contribution in [-0.4, -0.2) is 42.1 Å². The Morgan fingerprint density at radius 2 is 1.85 bits per heavy atom. The van der Waals surface area contributed by atoms with E-state index in [2.05, 4.69) is 29.2 Å². The maximum Gasteiger partial charge on any atom is 0.259 e. The fourth-order valence-corrected chi connectivity index (χ4v) is 2.97. The van der Waals surface area contributed by atoms with Crippen LogP contribution in [0.3, 0.4) is 0 Å². The van der Waals surface area contributed by atoms with E-state index in [4.69, 9.17) is 26.3 Å². The van der Waals surface area contributed by atoms with Crippen molar-refractivity contribution in [3.05, 3.63) is 22.9 Å². The minimum atomic E-state index is -0.329. The zero-order valence-corrected chi connectivity index (χ0v) is 16.8. The zero-order valence-electron chi connectivity index (χ0n) is 16.1. The van der Waals surface area contributed by atoms with Crippen LogP contribution < -0.4 is 11.1 Å².